The third kappa shape index (κ3) is 4.81. The number of hydrogen-bond donors (Lipinski definition) is 0. The summed E-state index contributed by atoms with van der Waals surface area (Å²) in [6.07, 6.45) is -4.39. The van der Waals surface area contributed by atoms with Crippen molar-refractivity contribution in [2.45, 2.75) is 13.1 Å². The number of halogens is 3. The molecule has 1 aliphatic heterocycles. The highest BCUT2D eigenvalue weighted by Crippen LogP contribution is 2.32. The van der Waals surface area contributed by atoms with Crippen molar-refractivity contribution in [2.75, 3.05) is 31.1 Å². The van der Waals surface area contributed by atoms with Gasteiger partial charge >= 0.3 is 6.18 Å². The number of piperazine rings is 1. The molecule has 2 aromatic carbocycles. The van der Waals surface area contributed by atoms with E-state index in [9.17, 15) is 18.0 Å². The summed E-state index contributed by atoms with van der Waals surface area (Å²) in [6.45, 7) is 3.69. The molecular formula is C26H23F3N4OS. The molecule has 0 bridgehead atoms. The van der Waals surface area contributed by atoms with Crippen LogP contribution in [0, 0.1) is 6.92 Å². The van der Waals surface area contributed by atoms with Gasteiger partial charge in [0.05, 0.1) is 16.1 Å². The Morgan fingerprint density at radius 1 is 0.914 bits per heavy atom. The van der Waals surface area contributed by atoms with Crippen LogP contribution in [0.2, 0.25) is 0 Å². The molecule has 1 amide bonds. The van der Waals surface area contributed by atoms with E-state index in [1.165, 1.54) is 6.07 Å². The van der Waals surface area contributed by atoms with Gasteiger partial charge < -0.3 is 9.80 Å². The summed E-state index contributed by atoms with van der Waals surface area (Å²) in [7, 11) is 0. The van der Waals surface area contributed by atoms with E-state index in [0.717, 1.165) is 34.0 Å². The molecule has 0 saturated carbocycles. The van der Waals surface area contributed by atoms with E-state index in [1.54, 1.807) is 27.0 Å². The fourth-order valence-electron chi connectivity index (χ4n) is 4.24. The lowest BCUT2D eigenvalue weighted by Gasteiger charge is -2.36. The van der Waals surface area contributed by atoms with E-state index in [2.05, 4.69) is 0 Å². The number of aryl methyl sites for hydroxylation is 1. The zero-order valence-corrected chi connectivity index (χ0v) is 19.8. The first-order valence-electron chi connectivity index (χ1n) is 11.2. The highest BCUT2D eigenvalue weighted by molar-refractivity contribution is 7.13. The average Bonchev–Trinajstić information content (AvgIpc) is 3.54. The molecule has 5 nitrogen and oxygen atoms in total. The second-order valence-corrected chi connectivity index (χ2v) is 9.42. The Bertz CT molecular complexity index is 1340. The topological polar surface area (TPSA) is 41.4 Å². The summed E-state index contributed by atoms with van der Waals surface area (Å²) >= 11 is 1.56. The monoisotopic (exact) mass is 496 g/mol. The van der Waals surface area contributed by atoms with E-state index >= 15 is 0 Å². The highest BCUT2D eigenvalue weighted by Gasteiger charge is 2.32. The number of hydrogen-bond acceptors (Lipinski definition) is 4. The lowest BCUT2D eigenvalue weighted by atomic mass is 10.1. The minimum absolute atomic E-state index is 0.148. The van der Waals surface area contributed by atoms with Gasteiger partial charge in [0.1, 0.15) is 11.4 Å². The molecule has 0 unspecified atom stereocenters. The van der Waals surface area contributed by atoms with Gasteiger partial charge in [0.15, 0.2) is 0 Å². The summed E-state index contributed by atoms with van der Waals surface area (Å²) in [5.41, 5.74) is 2.90. The van der Waals surface area contributed by atoms with Gasteiger partial charge in [-0.2, -0.15) is 18.3 Å². The molecule has 3 heterocycles. The summed E-state index contributed by atoms with van der Waals surface area (Å²) in [5, 5.41) is 6.71. The number of thiophene rings is 1. The van der Waals surface area contributed by atoms with Gasteiger partial charge in [-0.05, 0) is 60.3 Å². The lowest BCUT2D eigenvalue weighted by Crippen LogP contribution is -2.49. The summed E-state index contributed by atoms with van der Waals surface area (Å²) < 4.78 is 41.0. The number of carbonyl (C=O) groups is 1. The van der Waals surface area contributed by atoms with E-state index in [4.69, 9.17) is 5.10 Å². The number of alkyl halides is 3. The molecule has 5 rings (SSSR count). The number of nitrogens with zero attached hydrogens (tertiary/aromatic N) is 4. The molecule has 0 aliphatic carbocycles. The first-order valence-corrected chi connectivity index (χ1v) is 12.1. The fraction of sp³-hybridized carbons (Fsp3) is 0.231. The third-order valence-corrected chi connectivity index (χ3v) is 6.95. The van der Waals surface area contributed by atoms with Crippen molar-refractivity contribution in [3.63, 3.8) is 0 Å². The van der Waals surface area contributed by atoms with Crippen molar-refractivity contribution in [1.82, 2.24) is 14.7 Å². The number of aromatic nitrogens is 2. The van der Waals surface area contributed by atoms with Gasteiger partial charge in [-0.1, -0.05) is 24.3 Å². The molecule has 1 aliphatic rings. The number of amides is 1. The van der Waals surface area contributed by atoms with E-state index in [0.29, 0.717) is 37.6 Å². The molecule has 0 N–H and O–H groups in total. The van der Waals surface area contributed by atoms with Gasteiger partial charge in [0.2, 0.25) is 0 Å². The quantitative estimate of drug-likeness (QED) is 0.354. The number of anilines is 1. The number of rotatable bonds is 4. The molecule has 0 atom stereocenters. The van der Waals surface area contributed by atoms with Crippen LogP contribution < -0.4 is 4.90 Å². The summed E-state index contributed by atoms with van der Waals surface area (Å²) in [6, 6.07) is 18.9. The van der Waals surface area contributed by atoms with Crippen molar-refractivity contribution in [3.8, 4) is 16.3 Å². The molecule has 1 saturated heterocycles. The van der Waals surface area contributed by atoms with Crippen LogP contribution in [0.3, 0.4) is 0 Å². The molecule has 180 valence electrons. The van der Waals surface area contributed by atoms with Crippen LogP contribution in [0.15, 0.2) is 72.1 Å². The fourth-order valence-corrected chi connectivity index (χ4v) is 4.92. The van der Waals surface area contributed by atoms with Crippen molar-refractivity contribution >= 4 is 22.9 Å². The summed E-state index contributed by atoms with van der Waals surface area (Å²) in [5.74, 6) is -0.148. The first-order chi connectivity index (χ1) is 16.8. The van der Waals surface area contributed by atoms with Gasteiger partial charge in [-0.15, -0.1) is 11.3 Å². The molecule has 0 spiro atoms. The van der Waals surface area contributed by atoms with Crippen LogP contribution in [0.25, 0.3) is 16.3 Å². The van der Waals surface area contributed by atoms with Crippen LogP contribution in [0.1, 0.15) is 21.6 Å². The van der Waals surface area contributed by atoms with Gasteiger partial charge in [-0.25, -0.2) is 4.68 Å². The van der Waals surface area contributed by atoms with Crippen LogP contribution >= 0.6 is 11.3 Å². The largest absolute Gasteiger partial charge is 0.416 e. The molecule has 0 radical (unpaired) electrons. The Labute approximate surface area is 205 Å². The Morgan fingerprint density at radius 2 is 1.66 bits per heavy atom. The number of benzene rings is 2. The van der Waals surface area contributed by atoms with Gasteiger partial charge in [0, 0.05) is 31.9 Å². The van der Waals surface area contributed by atoms with Crippen LogP contribution in [-0.4, -0.2) is 46.8 Å². The maximum Gasteiger partial charge on any atom is 0.416 e. The van der Waals surface area contributed by atoms with Gasteiger partial charge in [-0.3, -0.25) is 4.79 Å². The SMILES string of the molecule is Cc1cccc(-n2nc(-c3cccs3)cc2C(=O)N2CCN(c3cccc(C(F)(F)F)c3)CC2)c1. The Morgan fingerprint density at radius 3 is 2.34 bits per heavy atom. The predicted molar refractivity (Wildman–Crippen MR) is 131 cm³/mol. The second-order valence-electron chi connectivity index (χ2n) is 8.47. The maximum absolute atomic E-state index is 13.6. The van der Waals surface area contributed by atoms with E-state index < -0.39 is 11.7 Å². The molecule has 1 fully saturated rings. The third-order valence-electron chi connectivity index (χ3n) is 6.05. The molecule has 9 heteroatoms. The standard InChI is InChI=1S/C26H23F3N4OS/c1-18-5-2-8-21(15-18)33-23(17-22(30-33)24-9-4-14-35-24)25(34)32-12-10-31(11-13-32)20-7-3-6-19(16-20)26(27,28)29/h2-9,14-17H,10-13H2,1H3. The molecule has 2 aromatic heterocycles. The normalized spacial score (nSPS) is 14.4. The minimum Gasteiger partial charge on any atom is -0.368 e. The number of carbonyl (C=O) groups excluding carboxylic acids is 1. The van der Waals surface area contributed by atoms with Crippen molar-refractivity contribution in [2.24, 2.45) is 0 Å². The predicted octanol–water partition coefficient (Wildman–Crippen LogP) is 5.89. The summed E-state index contributed by atoms with van der Waals surface area (Å²) in [4.78, 5) is 18.2. The molecular weight excluding hydrogens is 473 g/mol. The van der Waals surface area contributed by atoms with E-state index in [1.807, 2.05) is 59.7 Å². The lowest BCUT2D eigenvalue weighted by molar-refractivity contribution is -0.137. The minimum atomic E-state index is -4.39. The Hall–Kier alpha value is -3.59. The van der Waals surface area contributed by atoms with E-state index in [-0.39, 0.29) is 5.91 Å². The van der Waals surface area contributed by atoms with Crippen LogP contribution in [0.4, 0.5) is 18.9 Å². The van der Waals surface area contributed by atoms with Crippen molar-refractivity contribution in [1.29, 1.82) is 0 Å². The zero-order valence-electron chi connectivity index (χ0n) is 19.0. The van der Waals surface area contributed by atoms with Crippen LogP contribution in [-0.2, 0) is 6.18 Å². The van der Waals surface area contributed by atoms with Crippen LogP contribution in [0.5, 0.6) is 0 Å². The Balaban J connectivity index is 1.38. The highest BCUT2D eigenvalue weighted by atomic mass is 32.1. The van der Waals surface area contributed by atoms with Crippen molar-refractivity contribution < 1.29 is 18.0 Å². The second kappa shape index (κ2) is 9.22. The Kier molecular flexibility index (Phi) is 6.10. The molecule has 35 heavy (non-hydrogen) atoms. The van der Waals surface area contributed by atoms with Crippen molar-refractivity contribution in [3.05, 3.63) is 88.9 Å². The van der Waals surface area contributed by atoms with Gasteiger partial charge in [0.25, 0.3) is 5.91 Å². The smallest absolute Gasteiger partial charge is 0.368 e. The first kappa shape index (κ1) is 23.2. The maximum atomic E-state index is 13.6. The zero-order chi connectivity index (χ0) is 24.6. The average molecular weight is 497 g/mol. The molecule has 4 aromatic rings.